The van der Waals surface area contributed by atoms with Crippen LogP contribution in [-0.4, -0.2) is 23.3 Å². The second-order valence-electron chi connectivity index (χ2n) is 6.96. The average molecular weight is 380 g/mol. The molecule has 1 aliphatic heterocycles. The Morgan fingerprint density at radius 3 is 2.22 bits per heavy atom. The van der Waals surface area contributed by atoms with E-state index < -0.39 is 0 Å². The Balaban J connectivity index is 1.25. The number of para-hydroxylation sites is 1. The molecule has 138 valence electrons. The molecule has 5 heteroatoms. The quantitative estimate of drug-likeness (QED) is 0.348. The number of rotatable bonds is 7. The molecular weight excluding hydrogens is 356 g/mol. The van der Waals surface area contributed by atoms with Crippen LogP contribution in [0.25, 0.3) is 10.2 Å². The molecule has 1 aliphatic rings. The average Bonchev–Trinajstić information content (AvgIpc) is 3.13. The number of aryl methyl sites for hydroxylation is 2. The Labute approximate surface area is 163 Å². The summed E-state index contributed by atoms with van der Waals surface area (Å²) < 4.78 is 3.73. The molecule has 0 atom stereocenters. The Hall–Kier alpha value is -2.53. The number of hydrogen-bond donors (Lipinski definition) is 0. The van der Waals surface area contributed by atoms with Crippen LogP contribution in [0.4, 0.5) is 0 Å². The molecule has 2 aromatic carbocycles. The highest BCUT2D eigenvalue weighted by atomic mass is 32.1. The van der Waals surface area contributed by atoms with Crippen LogP contribution < -0.4 is 4.57 Å². The second-order valence-corrected chi connectivity index (χ2v) is 8.20. The van der Waals surface area contributed by atoms with Gasteiger partial charge < -0.3 is 0 Å². The van der Waals surface area contributed by atoms with E-state index in [1.54, 1.807) is 24.3 Å². The fourth-order valence-electron chi connectivity index (χ4n) is 3.76. The van der Waals surface area contributed by atoms with Crippen LogP contribution in [-0.2, 0) is 6.54 Å². The van der Waals surface area contributed by atoms with Crippen molar-refractivity contribution in [1.29, 1.82) is 0 Å². The largest absolute Gasteiger partial charge is 0.274 e. The number of unbranched alkanes of at least 4 members (excludes halogenated alkanes) is 3. The van der Waals surface area contributed by atoms with Crippen LogP contribution in [0.5, 0.6) is 0 Å². The highest BCUT2D eigenvalue weighted by Gasteiger charge is 2.34. The lowest BCUT2D eigenvalue weighted by atomic mass is 10.1. The number of nitrogens with zero attached hydrogens (tertiary/aromatic N) is 2. The molecular formula is C22H23N2O2S+. The molecule has 0 aliphatic carbocycles. The molecule has 0 saturated heterocycles. The maximum Gasteiger partial charge on any atom is 0.261 e. The van der Waals surface area contributed by atoms with Gasteiger partial charge in [-0.15, -0.1) is 0 Å². The smallest absolute Gasteiger partial charge is 0.261 e. The summed E-state index contributed by atoms with van der Waals surface area (Å²) in [6, 6.07) is 15.6. The standard InChI is InChI=1S/C22H23N2O2S/c1-16-23(19-12-6-7-13-20(19)27-16)14-8-2-3-9-15-24-21(25)17-10-4-5-11-18(17)22(24)26/h4-7,10-13H,2-3,8-9,14-15H2,1H3/q+1. The van der Waals surface area contributed by atoms with E-state index >= 15 is 0 Å². The van der Waals surface area contributed by atoms with Gasteiger partial charge in [0.1, 0.15) is 11.2 Å². The molecule has 0 saturated carbocycles. The van der Waals surface area contributed by atoms with E-state index in [2.05, 4.69) is 35.8 Å². The van der Waals surface area contributed by atoms with Gasteiger partial charge >= 0.3 is 0 Å². The predicted molar refractivity (Wildman–Crippen MR) is 107 cm³/mol. The first-order valence-corrected chi connectivity index (χ1v) is 10.3. The van der Waals surface area contributed by atoms with E-state index in [1.807, 2.05) is 11.3 Å². The Morgan fingerprint density at radius 2 is 1.48 bits per heavy atom. The predicted octanol–water partition coefficient (Wildman–Crippen LogP) is 4.35. The summed E-state index contributed by atoms with van der Waals surface area (Å²) in [6.45, 7) is 3.70. The molecule has 3 aromatic rings. The van der Waals surface area contributed by atoms with Crippen molar-refractivity contribution in [3.63, 3.8) is 0 Å². The number of fused-ring (bicyclic) bond motifs is 2. The van der Waals surface area contributed by atoms with Gasteiger partial charge in [-0.2, -0.15) is 4.57 Å². The summed E-state index contributed by atoms with van der Waals surface area (Å²) >= 11 is 1.84. The maximum absolute atomic E-state index is 12.3. The molecule has 0 N–H and O–H groups in total. The molecule has 0 radical (unpaired) electrons. The van der Waals surface area contributed by atoms with Crippen molar-refractivity contribution in [2.45, 2.75) is 39.2 Å². The van der Waals surface area contributed by atoms with E-state index in [9.17, 15) is 9.59 Å². The number of imide groups is 1. The zero-order valence-corrected chi connectivity index (χ0v) is 16.3. The van der Waals surface area contributed by atoms with Crippen LogP contribution >= 0.6 is 11.3 Å². The fraction of sp³-hybridized carbons (Fsp3) is 0.318. The lowest BCUT2D eigenvalue weighted by Gasteiger charge is -2.13. The van der Waals surface area contributed by atoms with E-state index in [-0.39, 0.29) is 11.8 Å². The number of benzene rings is 2. The van der Waals surface area contributed by atoms with Crippen molar-refractivity contribution in [2.75, 3.05) is 6.54 Å². The van der Waals surface area contributed by atoms with Crippen LogP contribution in [0.2, 0.25) is 0 Å². The lowest BCUT2D eigenvalue weighted by Crippen LogP contribution is -2.35. The lowest BCUT2D eigenvalue weighted by molar-refractivity contribution is -0.673. The van der Waals surface area contributed by atoms with Gasteiger partial charge in [-0.3, -0.25) is 14.5 Å². The first-order valence-electron chi connectivity index (χ1n) is 9.50. The monoisotopic (exact) mass is 379 g/mol. The number of aromatic nitrogens is 1. The summed E-state index contributed by atoms with van der Waals surface area (Å²) in [7, 11) is 0. The molecule has 4 nitrogen and oxygen atoms in total. The van der Waals surface area contributed by atoms with Crippen LogP contribution in [0.15, 0.2) is 48.5 Å². The van der Waals surface area contributed by atoms with E-state index in [0.717, 1.165) is 32.2 Å². The summed E-state index contributed by atoms with van der Waals surface area (Å²) in [5.41, 5.74) is 2.39. The maximum atomic E-state index is 12.3. The van der Waals surface area contributed by atoms with Gasteiger partial charge in [0.2, 0.25) is 10.5 Å². The number of hydrogen-bond acceptors (Lipinski definition) is 3. The van der Waals surface area contributed by atoms with Gasteiger partial charge in [0, 0.05) is 26.0 Å². The first-order chi connectivity index (χ1) is 13.2. The molecule has 2 heterocycles. The molecule has 2 amide bonds. The van der Waals surface area contributed by atoms with Gasteiger partial charge in [0.25, 0.3) is 11.8 Å². The molecule has 0 spiro atoms. The SMILES string of the molecule is Cc1sc2ccccc2[n+]1CCCCCCN1C(=O)c2ccccc2C1=O. The molecule has 4 rings (SSSR count). The zero-order chi connectivity index (χ0) is 18.8. The highest BCUT2D eigenvalue weighted by molar-refractivity contribution is 7.18. The van der Waals surface area contributed by atoms with Crippen LogP contribution in [0, 0.1) is 6.92 Å². The van der Waals surface area contributed by atoms with Crippen molar-refractivity contribution >= 4 is 33.4 Å². The van der Waals surface area contributed by atoms with E-state index in [1.165, 1.54) is 20.1 Å². The Morgan fingerprint density at radius 1 is 0.852 bits per heavy atom. The number of thiazole rings is 1. The van der Waals surface area contributed by atoms with Crippen molar-refractivity contribution < 1.29 is 14.2 Å². The van der Waals surface area contributed by atoms with Gasteiger partial charge in [0.15, 0.2) is 0 Å². The van der Waals surface area contributed by atoms with E-state index in [4.69, 9.17) is 0 Å². The highest BCUT2D eigenvalue weighted by Crippen LogP contribution is 2.23. The first kappa shape index (κ1) is 17.9. The molecule has 27 heavy (non-hydrogen) atoms. The Bertz CT molecular complexity index is 973. The van der Waals surface area contributed by atoms with Gasteiger partial charge in [-0.1, -0.05) is 42.0 Å². The van der Waals surface area contributed by atoms with Gasteiger partial charge in [-0.05, 0) is 31.0 Å². The minimum Gasteiger partial charge on any atom is -0.274 e. The van der Waals surface area contributed by atoms with Crippen molar-refractivity contribution in [2.24, 2.45) is 0 Å². The summed E-state index contributed by atoms with van der Waals surface area (Å²) in [6.07, 6.45) is 4.09. The number of amides is 2. The van der Waals surface area contributed by atoms with Crippen molar-refractivity contribution in [1.82, 2.24) is 4.90 Å². The summed E-state index contributed by atoms with van der Waals surface area (Å²) in [4.78, 5) is 26.1. The number of carbonyl (C=O) groups excluding carboxylic acids is 2. The normalized spacial score (nSPS) is 13.6. The zero-order valence-electron chi connectivity index (χ0n) is 15.5. The molecule has 0 bridgehead atoms. The minimum atomic E-state index is -0.147. The fourth-order valence-corrected chi connectivity index (χ4v) is 4.81. The van der Waals surface area contributed by atoms with Gasteiger partial charge in [-0.25, -0.2) is 0 Å². The minimum absolute atomic E-state index is 0.147. The van der Waals surface area contributed by atoms with Crippen LogP contribution in [0.1, 0.15) is 51.4 Å². The summed E-state index contributed by atoms with van der Waals surface area (Å²) in [5.74, 6) is -0.293. The van der Waals surface area contributed by atoms with Crippen LogP contribution in [0.3, 0.4) is 0 Å². The van der Waals surface area contributed by atoms with E-state index in [0.29, 0.717) is 17.7 Å². The van der Waals surface area contributed by atoms with Crippen molar-refractivity contribution in [3.05, 3.63) is 64.7 Å². The van der Waals surface area contributed by atoms with Gasteiger partial charge in [0.05, 0.1) is 11.1 Å². The third-order valence-corrected chi connectivity index (χ3v) is 6.27. The Kier molecular flexibility index (Phi) is 5.03. The topological polar surface area (TPSA) is 41.3 Å². The summed E-state index contributed by atoms with van der Waals surface area (Å²) in [5, 5.41) is 1.34. The molecule has 0 unspecified atom stereocenters. The third-order valence-electron chi connectivity index (χ3n) is 5.19. The molecule has 0 fully saturated rings. The third kappa shape index (κ3) is 3.39. The number of carbonyl (C=O) groups is 2. The van der Waals surface area contributed by atoms with Crippen molar-refractivity contribution in [3.8, 4) is 0 Å². The molecule has 1 aromatic heterocycles. The second kappa shape index (κ2) is 7.61.